The van der Waals surface area contributed by atoms with Gasteiger partial charge in [0.2, 0.25) is 0 Å². The molecule has 2 aromatic carbocycles. The number of hydrogen-bond donors (Lipinski definition) is 0. The topological polar surface area (TPSA) is 49.2 Å². The molecule has 26 heavy (non-hydrogen) atoms. The highest BCUT2D eigenvalue weighted by molar-refractivity contribution is 5.59. The smallest absolute Gasteiger partial charge is 0.168 e. The molecule has 0 aliphatic heterocycles. The molecule has 136 valence electrons. The molecule has 0 aliphatic carbocycles. The average Bonchev–Trinajstić information content (AvgIpc) is 3.18. The van der Waals surface area contributed by atoms with E-state index in [0.29, 0.717) is 0 Å². The molecular formula is C21H25N3O2. The number of hydrogen-bond acceptors (Lipinski definition) is 4. The number of benzene rings is 2. The van der Waals surface area contributed by atoms with Crippen molar-refractivity contribution in [2.24, 2.45) is 0 Å². The van der Waals surface area contributed by atoms with Crippen molar-refractivity contribution in [3.8, 4) is 28.6 Å². The summed E-state index contributed by atoms with van der Waals surface area (Å²) in [6.07, 6.45) is 6.55. The van der Waals surface area contributed by atoms with Crippen LogP contribution in [0.4, 0.5) is 0 Å². The fourth-order valence-electron chi connectivity index (χ4n) is 2.78. The molecule has 1 heterocycles. The van der Waals surface area contributed by atoms with Gasteiger partial charge in [-0.25, -0.2) is 0 Å². The highest BCUT2D eigenvalue weighted by Crippen LogP contribution is 2.24. The van der Waals surface area contributed by atoms with Gasteiger partial charge in [0.25, 0.3) is 0 Å². The summed E-state index contributed by atoms with van der Waals surface area (Å²) in [7, 11) is 1.66. The maximum Gasteiger partial charge on any atom is 0.168 e. The second-order valence-electron chi connectivity index (χ2n) is 6.16. The second-order valence-corrected chi connectivity index (χ2v) is 6.16. The molecule has 0 N–H and O–H groups in total. The Bertz CT molecular complexity index is 795. The van der Waals surface area contributed by atoms with Gasteiger partial charge < -0.3 is 9.47 Å². The maximum atomic E-state index is 5.81. The first-order chi connectivity index (χ1) is 12.8. The van der Waals surface area contributed by atoms with Crippen LogP contribution in [0, 0.1) is 0 Å². The summed E-state index contributed by atoms with van der Waals surface area (Å²) in [5, 5.41) is 8.33. The monoisotopic (exact) mass is 351 g/mol. The van der Waals surface area contributed by atoms with Crippen molar-refractivity contribution in [1.29, 1.82) is 0 Å². The quantitative estimate of drug-likeness (QED) is 0.514. The lowest BCUT2D eigenvalue weighted by Gasteiger charge is -2.09. The van der Waals surface area contributed by atoms with E-state index in [4.69, 9.17) is 9.47 Å². The van der Waals surface area contributed by atoms with Crippen LogP contribution in [0.3, 0.4) is 0 Å². The zero-order valence-electron chi connectivity index (χ0n) is 15.4. The van der Waals surface area contributed by atoms with Crippen molar-refractivity contribution < 1.29 is 9.47 Å². The number of ether oxygens (including phenoxy) is 2. The van der Waals surface area contributed by atoms with Crippen molar-refractivity contribution in [2.45, 2.75) is 32.6 Å². The summed E-state index contributed by atoms with van der Waals surface area (Å²) in [5.41, 5.74) is 1.98. The van der Waals surface area contributed by atoms with Crippen LogP contribution in [0.2, 0.25) is 0 Å². The zero-order valence-corrected chi connectivity index (χ0v) is 15.4. The lowest BCUT2D eigenvalue weighted by atomic mass is 10.2. The first-order valence-corrected chi connectivity index (χ1v) is 9.09. The minimum Gasteiger partial charge on any atom is -0.497 e. The number of unbranched alkanes of at least 4 members (excludes halogenated alkanes) is 3. The normalized spacial score (nSPS) is 10.7. The molecule has 3 rings (SSSR count). The van der Waals surface area contributed by atoms with E-state index in [2.05, 4.69) is 17.1 Å². The summed E-state index contributed by atoms with van der Waals surface area (Å²) in [6, 6.07) is 15.8. The van der Waals surface area contributed by atoms with Crippen molar-refractivity contribution in [1.82, 2.24) is 14.8 Å². The van der Waals surface area contributed by atoms with Crippen LogP contribution in [-0.2, 0) is 0 Å². The first kappa shape index (κ1) is 18.0. The SMILES string of the molecule is CCCCCCOc1ccc(-n2cnnc2-c2ccc(OC)cc2)cc1. The standard InChI is InChI=1S/C21H25N3O2/c1-3-4-5-6-15-26-20-13-9-18(10-14-20)24-16-22-23-21(24)17-7-11-19(25-2)12-8-17/h7-14,16H,3-6,15H2,1-2H3. The molecule has 1 aromatic heterocycles. The van der Waals surface area contributed by atoms with Gasteiger partial charge in [-0.2, -0.15) is 0 Å². The minimum absolute atomic E-state index is 0.767. The third kappa shape index (κ3) is 4.42. The Labute approximate surface area is 154 Å². The van der Waals surface area contributed by atoms with E-state index in [1.807, 2.05) is 53.1 Å². The van der Waals surface area contributed by atoms with Gasteiger partial charge in [-0.1, -0.05) is 26.2 Å². The molecule has 0 saturated carbocycles. The van der Waals surface area contributed by atoms with Crippen molar-refractivity contribution >= 4 is 0 Å². The number of rotatable bonds is 9. The number of nitrogens with zero attached hydrogens (tertiary/aromatic N) is 3. The molecule has 5 nitrogen and oxygen atoms in total. The zero-order chi connectivity index (χ0) is 18.2. The van der Waals surface area contributed by atoms with E-state index < -0.39 is 0 Å². The maximum absolute atomic E-state index is 5.81. The fourth-order valence-corrected chi connectivity index (χ4v) is 2.78. The molecule has 0 saturated heterocycles. The second kappa shape index (κ2) is 9.04. The van der Waals surface area contributed by atoms with E-state index >= 15 is 0 Å². The molecule has 0 fully saturated rings. The Morgan fingerprint density at radius 3 is 2.31 bits per heavy atom. The Balaban J connectivity index is 1.69. The van der Waals surface area contributed by atoms with E-state index in [1.165, 1.54) is 19.3 Å². The summed E-state index contributed by atoms with van der Waals surface area (Å²) in [4.78, 5) is 0. The average molecular weight is 351 g/mol. The molecule has 0 spiro atoms. The summed E-state index contributed by atoms with van der Waals surface area (Å²) >= 11 is 0. The van der Waals surface area contributed by atoms with Gasteiger partial charge in [-0.15, -0.1) is 10.2 Å². The van der Waals surface area contributed by atoms with Gasteiger partial charge in [0, 0.05) is 11.3 Å². The summed E-state index contributed by atoms with van der Waals surface area (Å²) < 4.78 is 13.0. The Morgan fingerprint density at radius 2 is 1.62 bits per heavy atom. The molecule has 0 radical (unpaired) electrons. The molecule has 0 amide bonds. The van der Waals surface area contributed by atoms with Crippen LogP contribution in [0.5, 0.6) is 11.5 Å². The molecule has 0 atom stereocenters. The van der Waals surface area contributed by atoms with E-state index in [9.17, 15) is 0 Å². The number of aromatic nitrogens is 3. The predicted molar refractivity (Wildman–Crippen MR) is 103 cm³/mol. The largest absolute Gasteiger partial charge is 0.497 e. The van der Waals surface area contributed by atoms with Crippen LogP contribution >= 0.6 is 0 Å². The van der Waals surface area contributed by atoms with Crippen molar-refractivity contribution in [2.75, 3.05) is 13.7 Å². The molecule has 0 aliphatic rings. The van der Waals surface area contributed by atoms with Crippen LogP contribution < -0.4 is 9.47 Å². The third-order valence-electron chi connectivity index (χ3n) is 4.28. The van der Waals surface area contributed by atoms with E-state index in [-0.39, 0.29) is 0 Å². The Kier molecular flexibility index (Phi) is 6.25. The van der Waals surface area contributed by atoms with Crippen LogP contribution in [0.1, 0.15) is 32.6 Å². The highest BCUT2D eigenvalue weighted by Gasteiger charge is 2.09. The van der Waals surface area contributed by atoms with E-state index in [1.54, 1.807) is 13.4 Å². The highest BCUT2D eigenvalue weighted by atomic mass is 16.5. The van der Waals surface area contributed by atoms with Gasteiger partial charge in [-0.05, 0) is 55.0 Å². The van der Waals surface area contributed by atoms with Gasteiger partial charge in [-0.3, -0.25) is 4.57 Å². The molecule has 0 bridgehead atoms. The van der Waals surface area contributed by atoms with Gasteiger partial charge in [0.15, 0.2) is 5.82 Å². The molecule has 5 heteroatoms. The lowest BCUT2D eigenvalue weighted by Crippen LogP contribution is -1.99. The Hall–Kier alpha value is -2.82. The molecule has 3 aromatic rings. The van der Waals surface area contributed by atoms with Gasteiger partial charge in [0.05, 0.1) is 13.7 Å². The van der Waals surface area contributed by atoms with Crippen molar-refractivity contribution in [3.05, 3.63) is 54.9 Å². The fraction of sp³-hybridized carbons (Fsp3) is 0.333. The van der Waals surface area contributed by atoms with E-state index in [0.717, 1.165) is 41.6 Å². The van der Waals surface area contributed by atoms with Gasteiger partial charge in [0.1, 0.15) is 17.8 Å². The lowest BCUT2D eigenvalue weighted by molar-refractivity contribution is 0.305. The number of methoxy groups -OCH3 is 1. The Morgan fingerprint density at radius 1 is 0.885 bits per heavy atom. The van der Waals surface area contributed by atoms with Crippen molar-refractivity contribution in [3.63, 3.8) is 0 Å². The van der Waals surface area contributed by atoms with Gasteiger partial charge >= 0.3 is 0 Å². The molecule has 0 unspecified atom stereocenters. The third-order valence-corrected chi connectivity index (χ3v) is 4.28. The summed E-state index contributed by atoms with van der Waals surface area (Å²) in [6.45, 7) is 2.98. The first-order valence-electron chi connectivity index (χ1n) is 9.09. The predicted octanol–water partition coefficient (Wildman–Crippen LogP) is 4.90. The van der Waals surface area contributed by atoms with Crippen LogP contribution in [-0.4, -0.2) is 28.5 Å². The molecular weight excluding hydrogens is 326 g/mol. The minimum atomic E-state index is 0.767. The van der Waals surface area contributed by atoms with Crippen LogP contribution in [0.25, 0.3) is 17.1 Å². The summed E-state index contributed by atoms with van der Waals surface area (Å²) in [5.74, 6) is 2.51. The van der Waals surface area contributed by atoms with Crippen LogP contribution in [0.15, 0.2) is 54.9 Å².